The Hall–Kier alpha value is -3.39. The number of nitrogens with one attached hydrogen (secondary N) is 1. The summed E-state index contributed by atoms with van der Waals surface area (Å²) >= 11 is 0. The topological polar surface area (TPSA) is 48.5 Å². The summed E-state index contributed by atoms with van der Waals surface area (Å²) in [7, 11) is 2.99. The number of rotatable bonds is 6. The van der Waals surface area contributed by atoms with Gasteiger partial charge in [-0.15, -0.1) is 0 Å². The highest BCUT2D eigenvalue weighted by Gasteiger charge is 2.35. The molecule has 0 saturated carbocycles. The number of piperidine rings is 1. The van der Waals surface area contributed by atoms with Gasteiger partial charge < -0.3 is 10.2 Å². The number of nitrogens with zero attached hydrogens (tertiary/aromatic N) is 3. The number of halogens is 3. The Morgan fingerprint density at radius 1 is 1.03 bits per heavy atom. The second kappa shape index (κ2) is 10.5. The molecule has 2 aromatic carbocycles. The van der Waals surface area contributed by atoms with Crippen LogP contribution in [0.15, 0.2) is 60.8 Å². The van der Waals surface area contributed by atoms with Crippen LogP contribution in [0.3, 0.4) is 0 Å². The number of hydrogen-bond acceptors (Lipinski definition) is 4. The number of likely N-dealkylation sites (tertiary alicyclic amines) is 1. The van der Waals surface area contributed by atoms with Gasteiger partial charge in [0.25, 0.3) is 5.91 Å². The van der Waals surface area contributed by atoms with Gasteiger partial charge in [0.1, 0.15) is 11.4 Å². The maximum atomic E-state index is 13.5. The van der Waals surface area contributed by atoms with Gasteiger partial charge in [0.15, 0.2) is 0 Å². The molecule has 1 aliphatic rings. The van der Waals surface area contributed by atoms with E-state index in [9.17, 15) is 18.0 Å². The quantitative estimate of drug-likeness (QED) is 0.463. The molecular weight excluding hydrogens is 453 g/mol. The molecule has 0 radical (unpaired) electrons. The zero-order valence-corrected chi connectivity index (χ0v) is 19.9. The van der Waals surface area contributed by atoms with Crippen LogP contribution in [-0.2, 0) is 12.7 Å². The van der Waals surface area contributed by atoms with Gasteiger partial charge in [0.2, 0.25) is 0 Å². The van der Waals surface area contributed by atoms with Crippen molar-refractivity contribution in [2.75, 3.05) is 37.4 Å². The third kappa shape index (κ3) is 6.00. The van der Waals surface area contributed by atoms with Gasteiger partial charge >= 0.3 is 6.18 Å². The third-order valence-corrected chi connectivity index (χ3v) is 6.15. The first kappa shape index (κ1) is 24.7. The fourth-order valence-electron chi connectivity index (χ4n) is 4.42. The molecule has 0 atom stereocenters. The summed E-state index contributed by atoms with van der Waals surface area (Å²) in [6, 6.07) is 16.4. The van der Waals surface area contributed by atoms with E-state index >= 15 is 0 Å². The fourth-order valence-corrected chi connectivity index (χ4v) is 4.42. The lowest BCUT2D eigenvalue weighted by atomic mass is 9.96. The molecule has 0 spiro atoms. The number of amides is 1. The van der Waals surface area contributed by atoms with Crippen LogP contribution in [-0.4, -0.2) is 43.0 Å². The molecule has 1 saturated heterocycles. The summed E-state index contributed by atoms with van der Waals surface area (Å²) < 4.78 is 40.6. The Morgan fingerprint density at radius 2 is 1.74 bits per heavy atom. The van der Waals surface area contributed by atoms with Gasteiger partial charge in [-0.2, -0.15) is 13.2 Å². The first-order chi connectivity index (χ1) is 16.7. The van der Waals surface area contributed by atoms with E-state index in [0.717, 1.165) is 48.7 Å². The molecule has 4 rings (SSSR count). The second-order valence-corrected chi connectivity index (χ2v) is 9.02. The van der Waals surface area contributed by atoms with E-state index in [2.05, 4.69) is 15.2 Å². The highest BCUT2D eigenvalue weighted by atomic mass is 19.4. The van der Waals surface area contributed by atoms with Crippen molar-refractivity contribution in [1.82, 2.24) is 9.88 Å². The smallest absolute Gasteiger partial charge is 0.362 e. The highest BCUT2D eigenvalue weighted by Crippen LogP contribution is 2.36. The number of hydrogen-bond donors (Lipinski definition) is 1. The lowest BCUT2D eigenvalue weighted by Crippen LogP contribution is -2.29. The van der Waals surface area contributed by atoms with Gasteiger partial charge in [-0.05, 0) is 60.8 Å². The van der Waals surface area contributed by atoms with Crippen LogP contribution < -0.4 is 10.2 Å². The average Bonchev–Trinajstić information content (AvgIpc) is 2.84. The number of benzene rings is 2. The molecule has 1 aromatic heterocycles. The van der Waals surface area contributed by atoms with Gasteiger partial charge in [-0.3, -0.25) is 9.69 Å². The predicted octanol–water partition coefficient (Wildman–Crippen LogP) is 6.07. The first-order valence-electron chi connectivity index (χ1n) is 11.7. The van der Waals surface area contributed by atoms with Gasteiger partial charge in [-0.1, -0.05) is 42.8 Å². The minimum Gasteiger partial charge on any atom is -0.362 e. The fraction of sp³-hybridized carbons (Fsp3) is 0.333. The van der Waals surface area contributed by atoms with Crippen molar-refractivity contribution in [3.05, 3.63) is 77.5 Å². The molecule has 3 aromatic rings. The zero-order chi connectivity index (χ0) is 25.0. The summed E-state index contributed by atoms with van der Waals surface area (Å²) in [6.45, 7) is 2.73. The molecule has 1 N–H and O–H groups in total. The molecule has 1 fully saturated rings. The van der Waals surface area contributed by atoms with E-state index in [1.54, 1.807) is 6.07 Å². The number of anilines is 2. The van der Waals surface area contributed by atoms with Crippen LogP contribution in [0.1, 0.15) is 40.7 Å². The Labute approximate surface area is 203 Å². The van der Waals surface area contributed by atoms with Crippen LogP contribution in [0, 0.1) is 0 Å². The predicted molar refractivity (Wildman–Crippen MR) is 133 cm³/mol. The van der Waals surface area contributed by atoms with Crippen LogP contribution in [0.25, 0.3) is 11.1 Å². The van der Waals surface area contributed by atoms with Gasteiger partial charge in [0.05, 0.1) is 11.9 Å². The van der Waals surface area contributed by atoms with Crippen molar-refractivity contribution in [3.63, 3.8) is 0 Å². The highest BCUT2D eigenvalue weighted by molar-refractivity contribution is 6.04. The molecule has 8 heteroatoms. The summed E-state index contributed by atoms with van der Waals surface area (Å²) in [4.78, 5) is 20.6. The molecule has 5 nitrogen and oxygen atoms in total. The van der Waals surface area contributed by atoms with Gasteiger partial charge in [-0.25, -0.2) is 4.98 Å². The Bertz CT molecular complexity index is 1170. The second-order valence-electron chi connectivity index (χ2n) is 9.02. The van der Waals surface area contributed by atoms with E-state index in [0.29, 0.717) is 12.1 Å². The standard InChI is InChI=1S/C27H29F3N4O/c1-33(2)25-24(27(28,29)30)16-22(17-31-25)32-26(35)20-11-12-23(19-9-5-3-6-10-19)21(15-20)18-34-13-7-4-8-14-34/h3,5-6,9-12,15-17H,4,7-8,13-14,18H2,1-2H3,(H,32,35). The molecule has 1 aliphatic heterocycles. The van der Waals surface area contributed by atoms with Crippen LogP contribution in [0.4, 0.5) is 24.7 Å². The number of aromatic nitrogens is 1. The largest absolute Gasteiger partial charge is 0.420 e. The number of pyridine rings is 1. The third-order valence-electron chi connectivity index (χ3n) is 6.15. The average molecular weight is 483 g/mol. The van der Waals surface area contributed by atoms with E-state index in [1.807, 2.05) is 42.5 Å². The summed E-state index contributed by atoms with van der Waals surface area (Å²) in [5.41, 5.74) is 2.61. The zero-order valence-electron chi connectivity index (χ0n) is 19.9. The number of carbonyl (C=O) groups excluding carboxylic acids is 1. The van der Waals surface area contributed by atoms with E-state index in [4.69, 9.17) is 0 Å². The monoisotopic (exact) mass is 482 g/mol. The molecule has 0 aliphatic carbocycles. The van der Waals surface area contributed by atoms with Crippen LogP contribution >= 0.6 is 0 Å². The lowest BCUT2D eigenvalue weighted by Gasteiger charge is -2.27. The SMILES string of the molecule is CN(C)c1ncc(NC(=O)c2ccc(-c3ccccc3)c(CN3CCCCC3)c2)cc1C(F)(F)F. The Morgan fingerprint density at radius 3 is 2.40 bits per heavy atom. The van der Waals surface area contributed by atoms with Crippen molar-refractivity contribution in [1.29, 1.82) is 0 Å². The molecule has 2 heterocycles. The van der Waals surface area contributed by atoms with Crippen molar-refractivity contribution in [3.8, 4) is 11.1 Å². The van der Waals surface area contributed by atoms with E-state index in [-0.39, 0.29) is 11.5 Å². The van der Waals surface area contributed by atoms with Crippen LogP contribution in [0.5, 0.6) is 0 Å². The minimum absolute atomic E-state index is 0.00218. The van der Waals surface area contributed by atoms with Crippen molar-refractivity contribution in [2.45, 2.75) is 32.0 Å². The Kier molecular flexibility index (Phi) is 7.40. The van der Waals surface area contributed by atoms with Crippen molar-refractivity contribution in [2.24, 2.45) is 0 Å². The number of carbonyl (C=O) groups is 1. The maximum absolute atomic E-state index is 13.5. The molecular formula is C27H29F3N4O. The summed E-state index contributed by atoms with van der Waals surface area (Å²) in [5, 5.41) is 2.59. The summed E-state index contributed by atoms with van der Waals surface area (Å²) in [5.74, 6) is -0.677. The normalized spacial score (nSPS) is 14.5. The number of alkyl halides is 3. The molecule has 1 amide bonds. The van der Waals surface area contributed by atoms with Gasteiger partial charge in [0, 0.05) is 26.2 Å². The molecule has 0 unspecified atom stereocenters. The van der Waals surface area contributed by atoms with Crippen molar-refractivity contribution >= 4 is 17.4 Å². The minimum atomic E-state index is -4.59. The molecule has 184 valence electrons. The first-order valence-corrected chi connectivity index (χ1v) is 11.7. The lowest BCUT2D eigenvalue weighted by molar-refractivity contribution is -0.137. The van der Waals surface area contributed by atoms with Crippen molar-refractivity contribution < 1.29 is 18.0 Å². The van der Waals surface area contributed by atoms with Crippen LogP contribution in [0.2, 0.25) is 0 Å². The van der Waals surface area contributed by atoms with E-state index in [1.165, 1.54) is 31.6 Å². The summed E-state index contributed by atoms with van der Waals surface area (Å²) in [6.07, 6.45) is 0.184. The molecule has 0 bridgehead atoms. The maximum Gasteiger partial charge on any atom is 0.420 e. The molecule has 35 heavy (non-hydrogen) atoms. The van der Waals surface area contributed by atoms with E-state index < -0.39 is 17.6 Å². The Balaban J connectivity index is 1.63.